The predicted octanol–water partition coefficient (Wildman–Crippen LogP) is 10.2. The van der Waals surface area contributed by atoms with E-state index in [0.717, 1.165) is 35.4 Å². The van der Waals surface area contributed by atoms with Gasteiger partial charge in [0.15, 0.2) is 23.0 Å². The average Bonchev–Trinajstić information content (AvgIpc) is 3.41. The van der Waals surface area contributed by atoms with E-state index in [2.05, 4.69) is 4.74 Å². The molecule has 0 radical (unpaired) electrons. The van der Waals surface area contributed by atoms with Gasteiger partial charge in [-0.05, 0) is 131 Å². The van der Waals surface area contributed by atoms with Gasteiger partial charge in [-0.25, -0.2) is 19.2 Å². The van der Waals surface area contributed by atoms with Crippen LogP contribution >= 0.6 is 0 Å². The fourth-order valence-corrected chi connectivity index (χ4v) is 6.64. The molecule has 6 aromatic carbocycles. The van der Waals surface area contributed by atoms with Gasteiger partial charge in [0.05, 0.1) is 51.4 Å². The Kier molecular flexibility index (Phi) is 21.8. The molecule has 0 atom stereocenters. The Balaban J connectivity index is 0.000000294. The van der Waals surface area contributed by atoms with E-state index in [1.807, 2.05) is 0 Å². The number of hydrogen-bond acceptors (Lipinski definition) is 17. The Hall–Kier alpha value is -9.74. The number of halogens is 7. The average molecular weight is 1120 g/mol. The van der Waals surface area contributed by atoms with Crippen LogP contribution in [-0.4, -0.2) is 76.0 Å². The minimum atomic E-state index is -4.67. The number of benzene rings is 6. The summed E-state index contributed by atoms with van der Waals surface area (Å²) < 4.78 is 128. The molecule has 0 bridgehead atoms. The topological polar surface area (TPSA) is 263 Å². The maximum atomic E-state index is 13.0. The third-order valence-corrected chi connectivity index (χ3v) is 10.7. The van der Waals surface area contributed by atoms with Crippen molar-refractivity contribution in [2.45, 2.75) is 44.4 Å². The molecule has 0 saturated heterocycles. The van der Waals surface area contributed by atoms with Crippen molar-refractivity contribution in [2.75, 3.05) is 50.4 Å². The van der Waals surface area contributed by atoms with Crippen molar-refractivity contribution in [2.24, 2.45) is 0 Å². The number of ether oxygens (including phenoxy) is 8. The van der Waals surface area contributed by atoms with E-state index < -0.39 is 67.1 Å². The molecule has 0 aliphatic carbocycles. The van der Waals surface area contributed by atoms with Crippen molar-refractivity contribution in [1.29, 1.82) is 0 Å². The van der Waals surface area contributed by atoms with Gasteiger partial charge in [0.25, 0.3) is 0 Å². The predicted molar refractivity (Wildman–Crippen MR) is 279 cm³/mol. The van der Waals surface area contributed by atoms with Crippen LogP contribution in [0.1, 0.15) is 55.8 Å². The quantitative estimate of drug-likeness (QED) is 0.0162. The van der Waals surface area contributed by atoms with Gasteiger partial charge in [-0.15, -0.1) is 0 Å². The molecule has 0 amide bonds. The lowest BCUT2D eigenvalue weighted by Gasteiger charge is -2.16. The molecule has 6 rings (SSSR count). The smallest absolute Gasteiger partial charge is 0.461 e. The van der Waals surface area contributed by atoms with Crippen molar-refractivity contribution in [3.05, 3.63) is 167 Å². The molecule has 422 valence electrons. The highest BCUT2D eigenvalue weighted by Gasteiger charge is 2.44. The summed E-state index contributed by atoms with van der Waals surface area (Å²) in [6.07, 6.45) is -9.00. The summed E-state index contributed by atoms with van der Waals surface area (Å²) in [4.78, 5) is 60.7. The lowest BCUT2D eigenvalue weighted by Crippen LogP contribution is -2.33. The van der Waals surface area contributed by atoms with Gasteiger partial charge in [0, 0.05) is 47.7 Å². The van der Waals surface area contributed by atoms with Crippen LogP contribution in [0.3, 0.4) is 0 Å². The van der Waals surface area contributed by atoms with Crippen molar-refractivity contribution in [3.63, 3.8) is 0 Å². The second kappa shape index (κ2) is 28.6. The number of anilines is 4. The number of hydrogen-bond donors (Lipinski definition) is 4. The zero-order valence-electron chi connectivity index (χ0n) is 42.4. The van der Waals surface area contributed by atoms with E-state index in [4.69, 9.17) is 56.1 Å². The first-order valence-electron chi connectivity index (χ1n) is 23.5. The minimum Gasteiger partial charge on any atom is -0.493 e. The summed E-state index contributed by atoms with van der Waals surface area (Å²) in [5.74, 6) is -3.89. The summed E-state index contributed by atoms with van der Waals surface area (Å²) in [5.41, 5.74) is 28.0. The first kappa shape index (κ1) is 61.1. The van der Waals surface area contributed by atoms with Crippen molar-refractivity contribution >= 4 is 64.7 Å². The van der Waals surface area contributed by atoms with E-state index in [9.17, 15) is 54.7 Å². The third kappa shape index (κ3) is 19.7. The number of esters is 5. The summed E-state index contributed by atoms with van der Waals surface area (Å²) in [6.45, 7) is 0.230. The Bertz CT molecular complexity index is 3190. The van der Waals surface area contributed by atoms with E-state index >= 15 is 0 Å². The highest BCUT2D eigenvalue weighted by molar-refractivity contribution is 5.93. The first-order valence-corrected chi connectivity index (χ1v) is 23.5. The molecule has 17 nitrogen and oxygen atoms in total. The van der Waals surface area contributed by atoms with Crippen molar-refractivity contribution < 1.29 is 92.6 Å². The van der Waals surface area contributed by atoms with Crippen LogP contribution in [0, 0.1) is 0 Å². The molecule has 24 heteroatoms. The largest absolute Gasteiger partial charge is 0.493 e. The Morgan fingerprint density at radius 1 is 0.525 bits per heavy atom. The zero-order valence-corrected chi connectivity index (χ0v) is 42.4. The fourth-order valence-electron chi connectivity index (χ4n) is 6.64. The maximum Gasteiger partial charge on any atom is 0.461 e. The molecule has 80 heavy (non-hydrogen) atoms. The molecule has 0 heterocycles. The van der Waals surface area contributed by atoms with Gasteiger partial charge < -0.3 is 60.8 Å². The molecule has 0 unspecified atom stereocenters. The summed E-state index contributed by atoms with van der Waals surface area (Å²) >= 11 is 0. The first-order chi connectivity index (χ1) is 37.9. The molecule has 0 fully saturated rings. The summed E-state index contributed by atoms with van der Waals surface area (Å²) in [5, 5.41) is 0. The molecule has 6 aromatic rings. The molecule has 0 aliphatic heterocycles. The maximum absolute atomic E-state index is 13.0. The molecule has 0 spiro atoms. The molecule has 8 N–H and O–H groups in total. The second-order valence-electron chi connectivity index (χ2n) is 16.6. The number of carbonyl (C=O) groups is 5. The monoisotopic (exact) mass is 1120 g/mol. The Labute approximate surface area is 452 Å². The molecule has 0 saturated carbocycles. The number of alkyl halides is 7. The van der Waals surface area contributed by atoms with Crippen LogP contribution in [0.15, 0.2) is 133 Å². The van der Waals surface area contributed by atoms with Crippen LogP contribution in [-0.2, 0) is 36.7 Å². The van der Waals surface area contributed by atoms with Crippen LogP contribution in [0.25, 0.3) is 12.2 Å². The van der Waals surface area contributed by atoms with Gasteiger partial charge in [0.1, 0.15) is 11.5 Å². The van der Waals surface area contributed by atoms with Gasteiger partial charge in [0.2, 0.25) is 0 Å². The SMILES string of the molecule is COc1cc(/C=C/C(=O)OCCc2ccc(N)cc2N)ccc1OC(=O)c1ccc(OC(=O)CCC(F)(F)F)cc1.COc1cc(/C=C/C(=O)OCCc2ccc(N)cc2N)ccc1OC(=O)c1ccc(OC(F)(F)C(F)F)cc1. The summed E-state index contributed by atoms with van der Waals surface area (Å²) in [6, 6.07) is 28.4. The fraction of sp³-hybridized carbons (Fsp3) is 0.196. The van der Waals surface area contributed by atoms with E-state index in [0.29, 0.717) is 46.7 Å². The van der Waals surface area contributed by atoms with Gasteiger partial charge in [-0.2, -0.15) is 30.7 Å². The number of rotatable bonds is 22. The number of nitrogens with two attached hydrogens (primary N) is 4. The Morgan fingerprint density at radius 3 is 1.34 bits per heavy atom. The van der Waals surface area contributed by atoms with E-state index in [-0.39, 0.29) is 53.1 Å². The highest BCUT2D eigenvalue weighted by atomic mass is 19.4. The van der Waals surface area contributed by atoms with E-state index in [1.54, 1.807) is 54.6 Å². The highest BCUT2D eigenvalue weighted by Crippen LogP contribution is 2.32. The van der Waals surface area contributed by atoms with Crippen molar-refractivity contribution in [1.82, 2.24) is 0 Å². The zero-order chi connectivity index (χ0) is 58.6. The number of methoxy groups -OCH3 is 2. The third-order valence-electron chi connectivity index (χ3n) is 10.7. The lowest BCUT2D eigenvalue weighted by molar-refractivity contribution is -0.253. The minimum absolute atomic E-state index is 0.0182. The summed E-state index contributed by atoms with van der Waals surface area (Å²) in [7, 11) is 2.71. The molecule has 0 aliphatic rings. The van der Waals surface area contributed by atoms with Crippen LogP contribution in [0.5, 0.6) is 34.5 Å². The van der Waals surface area contributed by atoms with Gasteiger partial charge in [-0.3, -0.25) is 4.79 Å². The molecular formula is C56H51F7N4O13. The molecule has 0 aromatic heterocycles. The molecular weight excluding hydrogens is 1070 g/mol. The lowest BCUT2D eigenvalue weighted by atomic mass is 10.1. The van der Waals surface area contributed by atoms with Crippen LogP contribution in [0.2, 0.25) is 0 Å². The van der Waals surface area contributed by atoms with E-state index in [1.165, 1.54) is 81.0 Å². The number of carbonyl (C=O) groups excluding carboxylic acids is 5. The van der Waals surface area contributed by atoms with Gasteiger partial charge >= 0.3 is 48.6 Å². The normalized spacial score (nSPS) is 11.3. The standard InChI is InChI=1S/C29H27F3N2O7.C27H24F4N2O6/c1-38-25-16-18(3-11-26(35)39-15-13-19-4-7-21(33)17-23(19)34)2-10-24(25)41-28(37)20-5-8-22(9-6-20)40-27(36)12-14-29(30,31)32;1-36-23-14-16(3-11-24(34)37-13-12-17-4-7-19(32)15-21(17)33)2-10-22(23)38-25(35)18-5-8-20(9-6-18)39-27(30,31)26(28)29/h2-11,16-17H,12-15,33-34H2,1H3;2-11,14-15,26H,12-13,32-33H2,1H3/b2*11-3+. The van der Waals surface area contributed by atoms with Gasteiger partial charge in [-0.1, -0.05) is 24.3 Å². The van der Waals surface area contributed by atoms with Crippen LogP contribution < -0.4 is 51.4 Å². The van der Waals surface area contributed by atoms with Crippen LogP contribution in [0.4, 0.5) is 53.5 Å². The van der Waals surface area contributed by atoms with Crippen molar-refractivity contribution in [3.8, 4) is 34.5 Å². The second-order valence-corrected chi connectivity index (χ2v) is 16.6. The Morgan fingerprint density at radius 2 is 0.950 bits per heavy atom. The number of nitrogen functional groups attached to an aromatic ring is 4.